The average molecular weight is 845 g/mol. The third kappa shape index (κ3) is 19.4. The van der Waals surface area contributed by atoms with Crippen molar-refractivity contribution in [2.75, 3.05) is 43.0 Å². The van der Waals surface area contributed by atoms with Gasteiger partial charge in [-0.15, -0.1) is 0 Å². The van der Waals surface area contributed by atoms with Gasteiger partial charge in [0.25, 0.3) is 11.8 Å². The summed E-state index contributed by atoms with van der Waals surface area (Å²) in [4.78, 5) is 83.8. The lowest BCUT2D eigenvalue weighted by molar-refractivity contribution is -0.407. The lowest BCUT2D eigenvalue weighted by atomic mass is 10.1. The molecule has 1 saturated heterocycles. The van der Waals surface area contributed by atoms with E-state index in [2.05, 4.69) is 40.8 Å². The van der Waals surface area contributed by atoms with Gasteiger partial charge in [0.2, 0.25) is 17.7 Å². The fraction of sp³-hybridized carbons (Fsp3) is 0.629. The van der Waals surface area contributed by atoms with Crippen molar-refractivity contribution < 1.29 is 75.9 Å². The summed E-state index contributed by atoms with van der Waals surface area (Å²) in [6, 6.07) is 4.30. The molecule has 0 unspecified atom stereocenters. The minimum atomic E-state index is -5.19. The maximum atomic E-state index is 13.4. The molecule has 2 aliphatic rings. The number of carboxylic acids is 2. The minimum absolute atomic E-state index is 0.104. The van der Waals surface area contributed by atoms with Crippen LogP contribution in [-0.2, 0) is 45.4 Å². The van der Waals surface area contributed by atoms with Gasteiger partial charge in [-0.05, 0) is 61.6 Å². The fourth-order valence-electron chi connectivity index (χ4n) is 5.34. The number of unbranched alkanes of at least 4 members (excludes halogenated alkanes) is 2. The SMILES string of the molecule is CCCC[S+](CCCC)Cc1ccc2cc1C(=O)NCC(=O)NCC(=O)NCCCC[C@H]([NH3+])C(=O)N1CCC[C@H]1C(=O)N2.O=C([O-])C(F)(F)F.O=C([O-])C(F)(F)F. The van der Waals surface area contributed by atoms with Crippen LogP contribution in [0.5, 0.6) is 0 Å². The number of benzene rings is 1. The van der Waals surface area contributed by atoms with Crippen LogP contribution in [0.4, 0.5) is 32.0 Å². The molecule has 7 N–H and O–H groups in total. The maximum Gasteiger partial charge on any atom is 0.430 e. The lowest BCUT2D eigenvalue weighted by Crippen LogP contribution is -2.68. The molecule has 0 saturated carbocycles. The summed E-state index contributed by atoms with van der Waals surface area (Å²) in [6.45, 7) is 4.81. The maximum absolute atomic E-state index is 13.4. The first-order chi connectivity index (χ1) is 26.6. The van der Waals surface area contributed by atoms with Gasteiger partial charge in [-0.2, -0.15) is 26.3 Å². The first-order valence-electron chi connectivity index (χ1n) is 18.2. The number of halogens is 6. The molecule has 2 heterocycles. The number of nitrogens with one attached hydrogen (secondary N) is 4. The van der Waals surface area contributed by atoms with Gasteiger partial charge in [0, 0.05) is 36.3 Å². The van der Waals surface area contributed by atoms with E-state index in [0.29, 0.717) is 50.0 Å². The Bertz CT molecular complexity index is 1500. The highest BCUT2D eigenvalue weighted by atomic mass is 32.2. The second-order valence-electron chi connectivity index (χ2n) is 13.0. The predicted molar refractivity (Wildman–Crippen MR) is 191 cm³/mol. The minimum Gasteiger partial charge on any atom is -0.542 e. The molecule has 1 fully saturated rings. The van der Waals surface area contributed by atoms with Crippen molar-refractivity contribution >= 4 is 58.1 Å². The molecule has 1 aromatic rings. The van der Waals surface area contributed by atoms with Crippen molar-refractivity contribution in [2.24, 2.45) is 0 Å². The summed E-state index contributed by atoms with van der Waals surface area (Å²) >= 11 is 0. The lowest BCUT2D eigenvalue weighted by Gasteiger charge is -2.25. The Morgan fingerprint density at radius 2 is 1.37 bits per heavy atom. The molecule has 0 radical (unpaired) electrons. The smallest absolute Gasteiger partial charge is 0.430 e. The van der Waals surface area contributed by atoms with E-state index in [1.54, 1.807) is 11.0 Å². The Kier molecular flexibility index (Phi) is 22.0. The van der Waals surface area contributed by atoms with Gasteiger partial charge in [0.15, 0.2) is 6.04 Å². The number of carbonyl (C=O) groups is 7. The molecule has 57 heavy (non-hydrogen) atoms. The fourth-order valence-corrected chi connectivity index (χ4v) is 7.92. The normalized spacial score (nSPS) is 18.9. The monoisotopic (exact) mass is 844 g/mol. The Morgan fingerprint density at radius 1 is 0.825 bits per heavy atom. The number of carbonyl (C=O) groups excluding carboxylic acids is 7. The van der Waals surface area contributed by atoms with Crippen molar-refractivity contribution in [1.29, 1.82) is 0 Å². The van der Waals surface area contributed by atoms with E-state index < -0.39 is 48.2 Å². The third-order valence-electron chi connectivity index (χ3n) is 8.36. The Hall–Kier alpha value is -4.60. The number of carboxylic acid groups (broad SMARTS) is 2. The molecule has 0 aromatic heterocycles. The zero-order chi connectivity index (χ0) is 43.3. The van der Waals surface area contributed by atoms with Gasteiger partial charge in [-0.25, -0.2) is 0 Å². The quantitative estimate of drug-likeness (QED) is 0.170. The predicted octanol–water partition coefficient (Wildman–Crippen LogP) is -0.312. The summed E-state index contributed by atoms with van der Waals surface area (Å²) in [5.41, 5.74) is 5.81. The van der Waals surface area contributed by atoms with Crippen LogP contribution in [0.15, 0.2) is 18.2 Å². The Balaban J connectivity index is 0.000000984. The highest BCUT2D eigenvalue weighted by Crippen LogP contribution is 2.24. The van der Waals surface area contributed by atoms with Crippen LogP contribution in [0.2, 0.25) is 0 Å². The van der Waals surface area contributed by atoms with Gasteiger partial charge in [0.05, 0.1) is 13.1 Å². The van der Waals surface area contributed by atoms with Crippen LogP contribution >= 0.6 is 0 Å². The molecule has 2 atom stereocenters. The molecule has 22 heteroatoms. The second kappa shape index (κ2) is 24.9. The number of rotatable bonds is 8. The van der Waals surface area contributed by atoms with Crippen molar-refractivity contribution in [3.8, 4) is 0 Å². The van der Waals surface area contributed by atoms with Crippen molar-refractivity contribution in [3.63, 3.8) is 0 Å². The summed E-state index contributed by atoms with van der Waals surface area (Å²) < 4.78 is 63.1. The van der Waals surface area contributed by atoms with E-state index in [1.165, 1.54) is 0 Å². The number of fused-ring (bicyclic) bond motifs is 3. The van der Waals surface area contributed by atoms with Crippen LogP contribution in [0, 0.1) is 0 Å². The topological polar surface area (TPSA) is 245 Å². The average Bonchev–Trinajstić information content (AvgIpc) is 3.64. The molecular formula is C35H50F6N6O9S. The van der Waals surface area contributed by atoms with Gasteiger partial charge in [-0.1, -0.05) is 32.8 Å². The van der Waals surface area contributed by atoms with Crippen molar-refractivity contribution in [2.45, 2.75) is 102 Å². The van der Waals surface area contributed by atoms with E-state index in [9.17, 15) is 50.3 Å². The molecule has 2 aliphatic heterocycles. The molecular weight excluding hydrogens is 794 g/mol. The van der Waals surface area contributed by atoms with E-state index >= 15 is 0 Å². The molecule has 15 nitrogen and oxygen atoms in total. The number of hydrogen-bond donors (Lipinski definition) is 5. The zero-order valence-electron chi connectivity index (χ0n) is 31.7. The molecule has 0 aliphatic carbocycles. The van der Waals surface area contributed by atoms with E-state index in [0.717, 1.165) is 54.9 Å². The number of aliphatic carboxylic acids is 2. The number of alkyl halides is 6. The molecule has 3 rings (SSSR count). The van der Waals surface area contributed by atoms with Crippen molar-refractivity contribution in [1.82, 2.24) is 20.9 Å². The summed E-state index contributed by atoms with van der Waals surface area (Å²) in [5.74, 6) is -4.70. The summed E-state index contributed by atoms with van der Waals surface area (Å²) in [7, 11) is 0.104. The molecule has 2 bridgehead atoms. The Morgan fingerprint density at radius 3 is 1.91 bits per heavy atom. The number of amides is 5. The Labute approximate surface area is 328 Å². The first-order valence-corrected chi connectivity index (χ1v) is 19.9. The molecule has 1 aromatic carbocycles. The largest absolute Gasteiger partial charge is 0.542 e. The molecule has 5 amide bonds. The number of quaternary nitrogens is 1. The van der Waals surface area contributed by atoms with E-state index in [-0.39, 0.29) is 41.7 Å². The molecule has 322 valence electrons. The third-order valence-corrected chi connectivity index (χ3v) is 10.8. The van der Waals surface area contributed by atoms with E-state index in [4.69, 9.17) is 19.8 Å². The van der Waals surface area contributed by atoms with Crippen LogP contribution in [0.25, 0.3) is 0 Å². The van der Waals surface area contributed by atoms with Crippen LogP contribution in [-0.4, -0.2) is 108 Å². The number of nitrogens with zero attached hydrogens (tertiary/aromatic N) is 1. The summed E-state index contributed by atoms with van der Waals surface area (Å²) in [5, 5.41) is 28.5. The zero-order valence-corrected chi connectivity index (χ0v) is 32.5. The van der Waals surface area contributed by atoms with Gasteiger partial charge >= 0.3 is 12.4 Å². The number of anilines is 1. The number of hydrogen-bond acceptors (Lipinski definition) is 9. The van der Waals surface area contributed by atoms with Gasteiger partial charge in [-0.3, -0.25) is 24.0 Å². The van der Waals surface area contributed by atoms with Crippen LogP contribution < -0.4 is 37.2 Å². The standard InChI is InChI=1S/C31H48N6O5S.2C2HF3O2/c1-3-5-16-43(17-6-4-2)21-22-12-13-23-18-24(22)29(40)35-20-28(39)34-19-27(38)33-14-8-7-10-25(32)31(42)37-15-9-11-26(37)30(41)36-23;2*3-2(4,5)1(6)7/h12-13,18,25-26H,3-11,14-17,19-21,32H2,1-2H3,(H3-,33,34,35,36,38,39,40,41);2*(H,6,7)/t25-,26-;;/m0../s1. The van der Waals surface area contributed by atoms with E-state index in [1.807, 2.05) is 12.1 Å². The first kappa shape index (κ1) is 50.4. The molecule has 0 spiro atoms. The van der Waals surface area contributed by atoms with Crippen molar-refractivity contribution in [3.05, 3.63) is 29.3 Å². The van der Waals surface area contributed by atoms with Gasteiger partial charge < -0.3 is 51.7 Å². The summed E-state index contributed by atoms with van der Waals surface area (Å²) in [6.07, 6.45) is -2.72. The van der Waals surface area contributed by atoms with Crippen LogP contribution in [0.1, 0.15) is 87.6 Å². The highest BCUT2D eigenvalue weighted by molar-refractivity contribution is 7.96. The van der Waals surface area contributed by atoms with Gasteiger partial charge in [0.1, 0.15) is 35.2 Å². The highest BCUT2D eigenvalue weighted by Gasteiger charge is 2.37. The second-order valence-corrected chi connectivity index (χ2v) is 15.3. The van der Waals surface area contributed by atoms with Crippen LogP contribution in [0.3, 0.4) is 0 Å².